The Morgan fingerprint density at radius 3 is 2.00 bits per heavy atom. The van der Waals surface area contributed by atoms with Gasteiger partial charge in [0.15, 0.2) is 0 Å². The second-order valence-electron chi connectivity index (χ2n) is 3.84. The van der Waals surface area contributed by atoms with E-state index in [1.54, 1.807) is 0 Å². The van der Waals surface area contributed by atoms with E-state index in [1.807, 2.05) is 36.4 Å². The van der Waals surface area contributed by atoms with Crippen molar-refractivity contribution in [2.24, 2.45) is 0 Å². The van der Waals surface area contributed by atoms with Gasteiger partial charge in [0, 0.05) is 5.57 Å². The fraction of sp³-hybridized carbons (Fsp3) is 0.267. The van der Waals surface area contributed by atoms with Crippen LogP contribution >= 0.6 is 0 Å². The molecule has 0 bridgehead atoms. The van der Waals surface area contributed by atoms with E-state index in [-0.39, 0.29) is 5.57 Å². The van der Waals surface area contributed by atoms with Gasteiger partial charge in [-0.25, -0.2) is 4.79 Å². The zero-order chi connectivity index (χ0) is 14.0. The summed E-state index contributed by atoms with van der Waals surface area (Å²) in [4.78, 5) is 9.60. The molecule has 98 valence electrons. The number of epoxide rings is 1. The van der Waals surface area contributed by atoms with Crippen LogP contribution in [0.2, 0.25) is 0 Å². The Bertz CT molecular complexity index is 366. The molecule has 0 saturated carbocycles. The lowest BCUT2D eigenvalue weighted by Crippen LogP contribution is -1.92. The van der Waals surface area contributed by atoms with E-state index in [4.69, 9.17) is 9.84 Å². The van der Waals surface area contributed by atoms with Crippen molar-refractivity contribution in [1.82, 2.24) is 0 Å². The fourth-order valence-electron chi connectivity index (χ4n) is 0.685. The van der Waals surface area contributed by atoms with Gasteiger partial charge in [-0.3, -0.25) is 0 Å². The number of carbonyl (C=O) groups is 1. The summed E-state index contributed by atoms with van der Waals surface area (Å²) in [6.45, 7) is 11.3. The number of ether oxygens (including phenoxy) is 1. The second-order valence-corrected chi connectivity index (χ2v) is 3.84. The fourth-order valence-corrected chi connectivity index (χ4v) is 0.685. The highest BCUT2D eigenvalue weighted by Crippen LogP contribution is 2.04. The maximum Gasteiger partial charge on any atom is 0.330 e. The van der Waals surface area contributed by atoms with Gasteiger partial charge in [0.25, 0.3) is 0 Å². The van der Waals surface area contributed by atoms with Crippen LogP contribution in [0.5, 0.6) is 0 Å². The molecule has 1 aromatic carbocycles. The molecule has 0 aromatic heterocycles. The average Bonchev–Trinajstić information content (AvgIpc) is 3.14. The van der Waals surface area contributed by atoms with Crippen LogP contribution in [0.3, 0.4) is 0 Å². The number of carboxylic acids is 1. The highest BCUT2D eigenvalue weighted by Gasteiger charge is 2.13. The molecule has 3 nitrogen and oxygen atoms in total. The summed E-state index contributed by atoms with van der Waals surface area (Å²) in [5.41, 5.74) is 1.35. The van der Waals surface area contributed by atoms with E-state index in [0.29, 0.717) is 6.10 Å². The van der Waals surface area contributed by atoms with E-state index in [2.05, 4.69) is 20.1 Å². The van der Waals surface area contributed by atoms with Gasteiger partial charge < -0.3 is 9.84 Å². The van der Waals surface area contributed by atoms with Crippen LogP contribution in [-0.2, 0) is 9.53 Å². The van der Waals surface area contributed by atoms with Crippen molar-refractivity contribution in [2.45, 2.75) is 20.0 Å². The van der Waals surface area contributed by atoms with Gasteiger partial charge in [-0.2, -0.15) is 0 Å². The van der Waals surface area contributed by atoms with E-state index in [0.717, 1.165) is 6.61 Å². The Morgan fingerprint density at radius 2 is 1.83 bits per heavy atom. The maximum absolute atomic E-state index is 9.60. The maximum atomic E-state index is 9.60. The van der Waals surface area contributed by atoms with Gasteiger partial charge in [0.05, 0.1) is 12.7 Å². The Kier molecular flexibility index (Phi) is 8.24. The van der Waals surface area contributed by atoms with Crippen molar-refractivity contribution in [2.75, 3.05) is 6.61 Å². The largest absolute Gasteiger partial charge is 0.478 e. The molecule has 1 aromatic rings. The minimum Gasteiger partial charge on any atom is -0.478 e. The number of benzene rings is 1. The van der Waals surface area contributed by atoms with Crippen LogP contribution in [0, 0.1) is 0 Å². The summed E-state index contributed by atoms with van der Waals surface area (Å²) in [5.74, 6) is -0.935. The summed E-state index contributed by atoms with van der Waals surface area (Å²) in [5, 5.41) is 7.89. The van der Waals surface area contributed by atoms with Crippen LogP contribution < -0.4 is 0 Å². The van der Waals surface area contributed by atoms with Crippen molar-refractivity contribution >= 4 is 12.0 Å². The highest BCUT2D eigenvalue weighted by atomic mass is 16.6. The quantitative estimate of drug-likeness (QED) is 0.644. The molecule has 0 spiro atoms. The number of rotatable bonds is 2. The summed E-state index contributed by atoms with van der Waals surface area (Å²) < 4.78 is 4.71. The van der Waals surface area contributed by atoms with Gasteiger partial charge in [0.2, 0.25) is 0 Å². The molecular formula is C15H20O3. The third kappa shape index (κ3) is 10.6. The van der Waals surface area contributed by atoms with Crippen LogP contribution in [0.1, 0.15) is 19.4 Å². The van der Waals surface area contributed by atoms with Gasteiger partial charge in [-0.1, -0.05) is 49.6 Å². The SMILES string of the molecule is C=C(C)C(=O)O.C=Cc1ccccc1.CC1CO1. The first-order valence-corrected chi connectivity index (χ1v) is 5.65. The molecular weight excluding hydrogens is 228 g/mol. The normalized spacial score (nSPS) is 15.1. The van der Waals surface area contributed by atoms with Crippen molar-refractivity contribution in [3.05, 3.63) is 54.6 Å². The van der Waals surface area contributed by atoms with Gasteiger partial charge in [0.1, 0.15) is 0 Å². The minimum atomic E-state index is -0.935. The summed E-state index contributed by atoms with van der Waals surface area (Å²) in [6, 6.07) is 10.0. The lowest BCUT2D eigenvalue weighted by atomic mass is 10.2. The predicted molar refractivity (Wildman–Crippen MR) is 74.4 cm³/mol. The standard InChI is InChI=1S/C8H8.C4H6O2.C3H6O/c1-2-8-6-4-3-5-7-8;1-3(2)4(5)6;1-3-2-4-3/h2-7H,1H2;1H2,2H3,(H,5,6);3H,2H2,1H3. The summed E-state index contributed by atoms with van der Waals surface area (Å²) in [6.07, 6.45) is 2.42. The van der Waals surface area contributed by atoms with Crippen LogP contribution in [0.15, 0.2) is 49.1 Å². The molecule has 18 heavy (non-hydrogen) atoms. The number of hydrogen-bond donors (Lipinski definition) is 1. The first kappa shape index (κ1) is 16.1. The van der Waals surface area contributed by atoms with E-state index in [1.165, 1.54) is 12.5 Å². The summed E-state index contributed by atoms with van der Waals surface area (Å²) in [7, 11) is 0. The number of carboxylic acid groups (broad SMARTS) is 1. The highest BCUT2D eigenvalue weighted by molar-refractivity contribution is 5.84. The molecule has 1 heterocycles. The first-order chi connectivity index (χ1) is 8.47. The molecule has 0 amide bonds. The van der Waals surface area contributed by atoms with Crippen LogP contribution in [0.4, 0.5) is 0 Å². The molecule has 2 rings (SSSR count). The van der Waals surface area contributed by atoms with Gasteiger partial charge >= 0.3 is 5.97 Å². The topological polar surface area (TPSA) is 49.8 Å². The molecule has 0 radical (unpaired) electrons. The smallest absolute Gasteiger partial charge is 0.330 e. The molecule has 1 aliphatic heterocycles. The van der Waals surface area contributed by atoms with Crippen molar-refractivity contribution < 1.29 is 14.6 Å². The molecule has 1 N–H and O–H groups in total. The first-order valence-electron chi connectivity index (χ1n) is 5.65. The van der Waals surface area contributed by atoms with E-state index in [9.17, 15) is 4.79 Å². The predicted octanol–water partition coefficient (Wildman–Crippen LogP) is 3.38. The van der Waals surface area contributed by atoms with Crippen LogP contribution in [-0.4, -0.2) is 23.8 Å². The minimum absolute atomic E-state index is 0.176. The van der Waals surface area contributed by atoms with Crippen LogP contribution in [0.25, 0.3) is 6.08 Å². The average molecular weight is 248 g/mol. The lowest BCUT2D eigenvalue weighted by Gasteiger charge is -1.85. The van der Waals surface area contributed by atoms with Crippen molar-refractivity contribution in [3.8, 4) is 0 Å². The Morgan fingerprint density at radius 1 is 1.44 bits per heavy atom. The Balaban J connectivity index is 0.000000255. The zero-order valence-corrected chi connectivity index (χ0v) is 10.9. The van der Waals surface area contributed by atoms with Crippen molar-refractivity contribution in [1.29, 1.82) is 0 Å². The Hall–Kier alpha value is -1.87. The molecule has 3 heteroatoms. The second kappa shape index (κ2) is 9.19. The number of hydrogen-bond acceptors (Lipinski definition) is 2. The molecule has 0 aliphatic carbocycles. The van der Waals surface area contributed by atoms with E-state index >= 15 is 0 Å². The third-order valence-electron chi connectivity index (χ3n) is 1.90. The molecule has 1 fully saturated rings. The van der Waals surface area contributed by atoms with Gasteiger partial charge in [-0.05, 0) is 19.4 Å². The monoisotopic (exact) mass is 248 g/mol. The zero-order valence-electron chi connectivity index (χ0n) is 10.9. The van der Waals surface area contributed by atoms with Gasteiger partial charge in [-0.15, -0.1) is 0 Å². The van der Waals surface area contributed by atoms with E-state index < -0.39 is 5.97 Å². The molecule has 1 saturated heterocycles. The Labute approximate surface area is 108 Å². The molecule has 1 unspecified atom stereocenters. The molecule has 1 aliphatic rings. The number of aliphatic carboxylic acids is 1. The third-order valence-corrected chi connectivity index (χ3v) is 1.90. The lowest BCUT2D eigenvalue weighted by molar-refractivity contribution is -0.132. The van der Waals surface area contributed by atoms with Crippen molar-refractivity contribution in [3.63, 3.8) is 0 Å². The summed E-state index contributed by atoms with van der Waals surface area (Å²) >= 11 is 0. The molecule has 1 atom stereocenters.